The van der Waals surface area contributed by atoms with E-state index in [2.05, 4.69) is 20.2 Å². The summed E-state index contributed by atoms with van der Waals surface area (Å²) in [5.41, 5.74) is 0.513. The van der Waals surface area contributed by atoms with Crippen molar-refractivity contribution in [1.82, 2.24) is 14.9 Å². The highest BCUT2D eigenvalue weighted by atomic mass is 35.5. The highest BCUT2D eigenvalue weighted by Crippen LogP contribution is 2.27. The Morgan fingerprint density at radius 2 is 2.00 bits per heavy atom. The molecule has 0 radical (unpaired) electrons. The lowest BCUT2D eigenvalue weighted by atomic mass is 10.2. The lowest BCUT2D eigenvalue weighted by molar-refractivity contribution is -0.112. The molecule has 0 bridgehead atoms. The van der Waals surface area contributed by atoms with E-state index in [-0.39, 0.29) is 5.57 Å². The number of carbonyl (C=O) groups is 1. The second kappa shape index (κ2) is 9.06. The molecule has 1 aromatic carbocycles. The average Bonchev–Trinajstić information content (AvgIpc) is 2.73. The Bertz CT molecular complexity index is 904. The quantitative estimate of drug-likeness (QED) is 0.610. The average molecular weight is 399 g/mol. The van der Waals surface area contributed by atoms with Gasteiger partial charge < -0.3 is 19.9 Å². The normalized spacial score (nSPS) is 14.4. The molecule has 0 spiro atoms. The number of ether oxygens (including phenoxy) is 1. The third kappa shape index (κ3) is 4.69. The van der Waals surface area contributed by atoms with Crippen molar-refractivity contribution in [2.45, 2.75) is 0 Å². The van der Waals surface area contributed by atoms with E-state index < -0.39 is 5.91 Å². The zero-order valence-electron chi connectivity index (χ0n) is 15.3. The van der Waals surface area contributed by atoms with Gasteiger partial charge in [0.1, 0.15) is 17.4 Å². The molecule has 1 N–H and O–H groups in total. The Morgan fingerprint density at radius 3 is 2.61 bits per heavy atom. The number of halogens is 1. The zero-order chi connectivity index (χ0) is 19.9. The number of anilines is 2. The van der Waals surface area contributed by atoms with Gasteiger partial charge in [-0.25, -0.2) is 9.97 Å². The third-order valence-corrected chi connectivity index (χ3v) is 4.53. The molecule has 2 aromatic rings. The van der Waals surface area contributed by atoms with Crippen LogP contribution < -0.4 is 15.0 Å². The molecular formula is C19H19ClN6O2. The van der Waals surface area contributed by atoms with E-state index in [1.54, 1.807) is 42.9 Å². The van der Waals surface area contributed by atoms with E-state index in [0.29, 0.717) is 48.6 Å². The number of aromatic nitrogens is 2. The summed E-state index contributed by atoms with van der Waals surface area (Å²) < 4.78 is 5.09. The van der Waals surface area contributed by atoms with Crippen LogP contribution in [0.15, 0.2) is 48.4 Å². The minimum Gasteiger partial charge on any atom is -0.495 e. The van der Waals surface area contributed by atoms with Gasteiger partial charge in [0.2, 0.25) is 5.95 Å². The van der Waals surface area contributed by atoms with Gasteiger partial charge >= 0.3 is 0 Å². The molecule has 9 heteroatoms. The van der Waals surface area contributed by atoms with Crippen molar-refractivity contribution in [3.8, 4) is 11.8 Å². The van der Waals surface area contributed by atoms with Crippen molar-refractivity contribution in [3.05, 3.63) is 53.5 Å². The fourth-order valence-electron chi connectivity index (χ4n) is 2.77. The number of carbonyl (C=O) groups excluding carboxylic acids is 1. The van der Waals surface area contributed by atoms with Crippen molar-refractivity contribution in [2.75, 3.05) is 43.5 Å². The minimum atomic E-state index is -0.488. The lowest BCUT2D eigenvalue weighted by Gasteiger charge is -2.34. The fraction of sp³-hybridized carbons (Fsp3) is 0.263. The molecular weight excluding hydrogens is 380 g/mol. The number of rotatable bonds is 5. The van der Waals surface area contributed by atoms with Gasteiger partial charge in [0.25, 0.3) is 5.91 Å². The molecule has 144 valence electrons. The second-order valence-electron chi connectivity index (χ2n) is 6.03. The number of nitriles is 1. The Morgan fingerprint density at radius 1 is 1.29 bits per heavy atom. The first-order valence-corrected chi connectivity index (χ1v) is 9.01. The smallest absolute Gasteiger partial charge is 0.267 e. The molecule has 1 amide bonds. The Hall–Kier alpha value is -3.31. The highest BCUT2D eigenvalue weighted by Gasteiger charge is 2.19. The molecule has 3 rings (SSSR count). The van der Waals surface area contributed by atoms with E-state index in [1.807, 2.05) is 11.0 Å². The van der Waals surface area contributed by atoms with Gasteiger partial charge in [-0.15, -0.1) is 0 Å². The molecule has 8 nitrogen and oxygen atoms in total. The summed E-state index contributed by atoms with van der Waals surface area (Å²) in [4.78, 5) is 24.9. The molecule has 2 heterocycles. The van der Waals surface area contributed by atoms with Crippen molar-refractivity contribution in [3.63, 3.8) is 0 Å². The number of hydrogen-bond donors (Lipinski definition) is 1. The largest absolute Gasteiger partial charge is 0.495 e. The van der Waals surface area contributed by atoms with Crippen LogP contribution in [-0.2, 0) is 4.79 Å². The van der Waals surface area contributed by atoms with Crippen LogP contribution in [0.25, 0.3) is 0 Å². The van der Waals surface area contributed by atoms with E-state index in [0.717, 1.165) is 0 Å². The Labute approximate surface area is 168 Å². The summed E-state index contributed by atoms with van der Waals surface area (Å²) in [5.74, 6) is 0.703. The molecule has 1 saturated heterocycles. The summed E-state index contributed by atoms with van der Waals surface area (Å²) in [5, 5.41) is 12.4. The number of hydrogen-bond acceptors (Lipinski definition) is 7. The minimum absolute atomic E-state index is 0.0244. The Balaban J connectivity index is 1.61. The zero-order valence-corrected chi connectivity index (χ0v) is 16.1. The van der Waals surface area contributed by atoms with Crippen LogP contribution in [-0.4, -0.2) is 54.1 Å². The van der Waals surface area contributed by atoms with E-state index >= 15 is 0 Å². The van der Waals surface area contributed by atoms with Crippen LogP contribution in [0.5, 0.6) is 5.75 Å². The third-order valence-electron chi connectivity index (χ3n) is 4.24. The first-order valence-electron chi connectivity index (χ1n) is 8.63. The summed E-state index contributed by atoms with van der Waals surface area (Å²) in [6, 6.07) is 8.62. The predicted molar refractivity (Wildman–Crippen MR) is 106 cm³/mol. The van der Waals surface area contributed by atoms with Crippen molar-refractivity contribution >= 4 is 29.1 Å². The number of benzene rings is 1. The van der Waals surface area contributed by atoms with Gasteiger partial charge in [0.15, 0.2) is 0 Å². The predicted octanol–water partition coefficient (Wildman–Crippen LogP) is 2.31. The topological polar surface area (TPSA) is 94.4 Å². The standard InChI is InChI=1S/C19H19ClN6O2/c1-28-17-4-3-15(11-16(17)20)24-18(27)14(12-21)13-25-7-9-26(10-8-25)19-22-5-2-6-23-19/h2-6,11,13H,7-10H2,1H3,(H,24,27)/b14-13-. The SMILES string of the molecule is COc1ccc(NC(=O)/C(C#N)=C\N2CCN(c3ncccn3)CC2)cc1Cl. The summed E-state index contributed by atoms with van der Waals surface area (Å²) in [6.07, 6.45) is 5.00. The molecule has 0 atom stereocenters. The van der Waals surface area contributed by atoms with Crippen LogP contribution in [0.2, 0.25) is 5.02 Å². The molecule has 0 unspecified atom stereocenters. The van der Waals surface area contributed by atoms with Crippen LogP contribution >= 0.6 is 11.6 Å². The van der Waals surface area contributed by atoms with Crippen LogP contribution in [0.1, 0.15) is 0 Å². The number of methoxy groups -OCH3 is 1. The van der Waals surface area contributed by atoms with Gasteiger partial charge in [-0.2, -0.15) is 5.26 Å². The fourth-order valence-corrected chi connectivity index (χ4v) is 3.03. The maximum Gasteiger partial charge on any atom is 0.267 e. The lowest BCUT2D eigenvalue weighted by Crippen LogP contribution is -2.45. The van der Waals surface area contributed by atoms with Crippen LogP contribution in [0, 0.1) is 11.3 Å². The maximum atomic E-state index is 12.4. The first kappa shape index (κ1) is 19.5. The molecule has 1 aliphatic heterocycles. The molecule has 1 aromatic heterocycles. The highest BCUT2D eigenvalue weighted by molar-refractivity contribution is 6.32. The summed E-state index contributed by atoms with van der Waals surface area (Å²) >= 11 is 6.07. The number of amides is 1. The van der Waals surface area contributed by atoms with Crippen molar-refractivity contribution < 1.29 is 9.53 Å². The summed E-state index contributed by atoms with van der Waals surface area (Å²) in [7, 11) is 1.51. The first-order chi connectivity index (χ1) is 13.6. The van der Waals surface area contributed by atoms with Gasteiger partial charge in [-0.3, -0.25) is 4.79 Å². The van der Waals surface area contributed by atoms with E-state index in [1.165, 1.54) is 7.11 Å². The molecule has 0 aliphatic carbocycles. The van der Waals surface area contributed by atoms with Gasteiger partial charge in [0, 0.05) is 50.5 Å². The van der Waals surface area contributed by atoms with Gasteiger partial charge in [0.05, 0.1) is 12.1 Å². The monoisotopic (exact) mass is 398 g/mol. The molecule has 1 aliphatic rings. The van der Waals surface area contributed by atoms with Gasteiger partial charge in [-0.1, -0.05) is 11.6 Å². The molecule has 1 fully saturated rings. The molecule has 28 heavy (non-hydrogen) atoms. The summed E-state index contributed by atoms with van der Waals surface area (Å²) in [6.45, 7) is 2.72. The van der Waals surface area contributed by atoms with Crippen LogP contribution in [0.4, 0.5) is 11.6 Å². The number of nitrogens with zero attached hydrogens (tertiary/aromatic N) is 5. The van der Waals surface area contributed by atoms with Crippen LogP contribution in [0.3, 0.4) is 0 Å². The second-order valence-corrected chi connectivity index (χ2v) is 6.44. The maximum absolute atomic E-state index is 12.4. The van der Waals surface area contributed by atoms with Crippen molar-refractivity contribution in [1.29, 1.82) is 5.26 Å². The van der Waals surface area contributed by atoms with Crippen molar-refractivity contribution in [2.24, 2.45) is 0 Å². The number of nitrogens with one attached hydrogen (secondary N) is 1. The molecule has 0 saturated carbocycles. The van der Waals surface area contributed by atoms with Gasteiger partial charge in [-0.05, 0) is 24.3 Å². The Kier molecular flexibility index (Phi) is 6.29. The van der Waals surface area contributed by atoms with E-state index in [9.17, 15) is 10.1 Å². The van der Waals surface area contributed by atoms with E-state index in [4.69, 9.17) is 16.3 Å². The number of piperazine rings is 1.